The zero-order chi connectivity index (χ0) is 16.4. The van der Waals surface area contributed by atoms with Crippen LogP contribution in [0.1, 0.15) is 36.9 Å². The Morgan fingerprint density at radius 2 is 2.27 bits per heavy atom. The van der Waals surface area contributed by atoms with Gasteiger partial charge in [0.2, 0.25) is 0 Å². The van der Waals surface area contributed by atoms with Gasteiger partial charge in [0.05, 0.1) is 24.4 Å². The second kappa shape index (κ2) is 10.2. The van der Waals surface area contributed by atoms with Crippen molar-refractivity contribution in [3.05, 3.63) is 16.1 Å². The van der Waals surface area contributed by atoms with E-state index in [2.05, 4.69) is 30.3 Å². The van der Waals surface area contributed by atoms with Crippen LogP contribution in [0.25, 0.3) is 0 Å². The number of methoxy groups -OCH3 is 1. The number of hydrogen-bond acceptors (Lipinski definition) is 5. The Kier molecular flexibility index (Phi) is 8.50. The van der Waals surface area contributed by atoms with Gasteiger partial charge in [-0.3, -0.25) is 9.79 Å². The zero-order valence-corrected chi connectivity index (χ0v) is 14.7. The van der Waals surface area contributed by atoms with Crippen molar-refractivity contribution >= 4 is 23.3 Å². The molecule has 1 aromatic heterocycles. The summed E-state index contributed by atoms with van der Waals surface area (Å²) in [5.74, 6) is 0.707. The monoisotopic (exact) mass is 326 g/mol. The number of aromatic nitrogens is 1. The molecule has 0 radical (unpaired) electrons. The average Bonchev–Trinajstić information content (AvgIpc) is 2.90. The third-order valence-corrected chi connectivity index (χ3v) is 3.86. The molecule has 1 aromatic rings. The van der Waals surface area contributed by atoms with Gasteiger partial charge in [0.25, 0.3) is 0 Å². The van der Waals surface area contributed by atoms with Crippen LogP contribution >= 0.6 is 11.3 Å². The molecule has 0 amide bonds. The van der Waals surface area contributed by atoms with Crippen molar-refractivity contribution in [3.63, 3.8) is 0 Å². The van der Waals surface area contributed by atoms with Crippen LogP contribution in [0.5, 0.6) is 0 Å². The molecule has 1 rings (SSSR count). The number of carbonyl (C=O) groups is 1. The lowest BCUT2D eigenvalue weighted by atomic mass is 10.2. The molecule has 0 fully saturated rings. The van der Waals surface area contributed by atoms with Gasteiger partial charge in [-0.2, -0.15) is 0 Å². The minimum absolute atomic E-state index is 0.160. The molecule has 124 valence electrons. The summed E-state index contributed by atoms with van der Waals surface area (Å²) < 4.78 is 4.62. The number of unbranched alkanes of at least 4 members (excludes halogenated alkanes) is 1. The van der Waals surface area contributed by atoms with Gasteiger partial charge in [-0.1, -0.05) is 0 Å². The number of thiazole rings is 1. The Labute approximate surface area is 136 Å². The number of aliphatic imine (C=N–C) groups is 1. The molecule has 0 saturated heterocycles. The van der Waals surface area contributed by atoms with Crippen molar-refractivity contribution in [2.24, 2.45) is 4.99 Å². The molecule has 0 atom stereocenters. The van der Waals surface area contributed by atoms with Crippen molar-refractivity contribution in [2.45, 2.75) is 39.7 Å². The third kappa shape index (κ3) is 6.89. The standard InChI is InChI=1S/C15H26N4O2S/c1-5-16-15(17-9-7-6-8-14(20)21-4)19(3)10-13-11-22-12(2)18-13/h11H,5-10H2,1-4H3,(H,16,17). The topological polar surface area (TPSA) is 66.8 Å². The predicted molar refractivity (Wildman–Crippen MR) is 90.2 cm³/mol. The first-order valence-corrected chi connectivity index (χ1v) is 8.42. The molecule has 0 saturated carbocycles. The Morgan fingerprint density at radius 1 is 1.50 bits per heavy atom. The van der Waals surface area contributed by atoms with Crippen LogP contribution in [0.3, 0.4) is 0 Å². The van der Waals surface area contributed by atoms with Crippen LogP contribution in [0.15, 0.2) is 10.4 Å². The Balaban J connectivity index is 2.44. The molecular weight excluding hydrogens is 300 g/mol. The van der Waals surface area contributed by atoms with Gasteiger partial charge in [-0.15, -0.1) is 11.3 Å². The SMILES string of the molecule is CCNC(=NCCCCC(=O)OC)N(C)Cc1csc(C)n1. The first kappa shape index (κ1) is 18.4. The van der Waals surface area contributed by atoms with E-state index in [0.29, 0.717) is 13.0 Å². The molecule has 22 heavy (non-hydrogen) atoms. The second-order valence-corrected chi connectivity index (χ2v) is 6.05. The summed E-state index contributed by atoms with van der Waals surface area (Å²) in [6.07, 6.45) is 2.12. The largest absolute Gasteiger partial charge is 0.469 e. The average molecular weight is 326 g/mol. The van der Waals surface area contributed by atoms with Gasteiger partial charge >= 0.3 is 5.97 Å². The number of nitrogens with zero attached hydrogens (tertiary/aromatic N) is 3. The molecule has 1 N–H and O–H groups in total. The van der Waals surface area contributed by atoms with E-state index in [0.717, 1.165) is 42.6 Å². The minimum Gasteiger partial charge on any atom is -0.469 e. The summed E-state index contributed by atoms with van der Waals surface area (Å²) in [7, 11) is 3.42. The lowest BCUT2D eigenvalue weighted by Crippen LogP contribution is -2.38. The predicted octanol–water partition coefficient (Wildman–Crippen LogP) is 2.19. The number of rotatable bonds is 8. The van der Waals surface area contributed by atoms with E-state index in [4.69, 9.17) is 0 Å². The van der Waals surface area contributed by atoms with E-state index in [9.17, 15) is 4.79 Å². The first-order chi connectivity index (χ1) is 10.6. The fourth-order valence-electron chi connectivity index (χ4n) is 1.94. The van der Waals surface area contributed by atoms with Crippen molar-refractivity contribution < 1.29 is 9.53 Å². The summed E-state index contributed by atoms with van der Waals surface area (Å²) in [4.78, 5) is 22.2. The third-order valence-electron chi connectivity index (χ3n) is 3.04. The van der Waals surface area contributed by atoms with Gasteiger partial charge in [0.15, 0.2) is 5.96 Å². The number of carbonyl (C=O) groups excluding carboxylic acids is 1. The number of nitrogens with one attached hydrogen (secondary N) is 1. The molecular formula is C15H26N4O2S. The quantitative estimate of drug-likeness (QED) is 0.343. The highest BCUT2D eigenvalue weighted by Gasteiger charge is 2.08. The first-order valence-electron chi connectivity index (χ1n) is 7.54. The zero-order valence-electron chi connectivity index (χ0n) is 13.9. The molecule has 0 aliphatic heterocycles. The number of guanidine groups is 1. The van der Waals surface area contributed by atoms with Crippen LogP contribution in [0, 0.1) is 6.92 Å². The molecule has 7 heteroatoms. The smallest absolute Gasteiger partial charge is 0.305 e. The summed E-state index contributed by atoms with van der Waals surface area (Å²) in [5.41, 5.74) is 1.06. The van der Waals surface area contributed by atoms with Crippen molar-refractivity contribution in [1.82, 2.24) is 15.2 Å². The Morgan fingerprint density at radius 3 is 2.86 bits per heavy atom. The number of esters is 1. The highest BCUT2D eigenvalue weighted by atomic mass is 32.1. The van der Waals surface area contributed by atoms with Crippen LogP contribution in [-0.4, -0.2) is 49.1 Å². The van der Waals surface area contributed by atoms with Crippen molar-refractivity contribution in [3.8, 4) is 0 Å². The van der Waals surface area contributed by atoms with Crippen LogP contribution in [0.2, 0.25) is 0 Å². The molecule has 0 bridgehead atoms. The lowest BCUT2D eigenvalue weighted by molar-refractivity contribution is -0.140. The summed E-state index contributed by atoms with van der Waals surface area (Å²) in [6.45, 7) is 6.31. The number of ether oxygens (including phenoxy) is 1. The van der Waals surface area contributed by atoms with E-state index >= 15 is 0 Å². The summed E-state index contributed by atoms with van der Waals surface area (Å²) in [5, 5.41) is 6.43. The minimum atomic E-state index is -0.160. The number of aryl methyl sites for hydroxylation is 1. The molecule has 6 nitrogen and oxygen atoms in total. The van der Waals surface area contributed by atoms with Crippen LogP contribution < -0.4 is 5.32 Å². The van der Waals surface area contributed by atoms with Gasteiger partial charge in [-0.25, -0.2) is 4.98 Å². The second-order valence-electron chi connectivity index (χ2n) is 4.98. The van der Waals surface area contributed by atoms with E-state index < -0.39 is 0 Å². The van der Waals surface area contributed by atoms with E-state index in [1.165, 1.54) is 7.11 Å². The molecule has 0 aliphatic carbocycles. The maximum atomic E-state index is 11.0. The molecule has 0 aliphatic rings. The van der Waals surface area contributed by atoms with E-state index in [1.807, 2.05) is 20.9 Å². The fraction of sp³-hybridized carbons (Fsp3) is 0.667. The van der Waals surface area contributed by atoms with Crippen molar-refractivity contribution in [2.75, 3.05) is 27.2 Å². The van der Waals surface area contributed by atoms with Gasteiger partial charge in [-0.05, 0) is 26.7 Å². The maximum absolute atomic E-state index is 11.0. The fourth-order valence-corrected chi connectivity index (χ4v) is 2.54. The van der Waals surface area contributed by atoms with E-state index in [1.54, 1.807) is 11.3 Å². The molecule has 0 aromatic carbocycles. The molecule has 1 heterocycles. The Hall–Kier alpha value is -1.63. The van der Waals surface area contributed by atoms with Crippen LogP contribution in [-0.2, 0) is 16.1 Å². The van der Waals surface area contributed by atoms with E-state index in [-0.39, 0.29) is 5.97 Å². The highest BCUT2D eigenvalue weighted by Crippen LogP contribution is 2.09. The Bertz CT molecular complexity index is 488. The van der Waals surface area contributed by atoms with Gasteiger partial charge < -0.3 is 15.0 Å². The summed E-state index contributed by atoms with van der Waals surface area (Å²) >= 11 is 1.66. The van der Waals surface area contributed by atoms with Gasteiger partial charge in [0, 0.05) is 31.9 Å². The highest BCUT2D eigenvalue weighted by molar-refractivity contribution is 7.09. The van der Waals surface area contributed by atoms with Crippen molar-refractivity contribution in [1.29, 1.82) is 0 Å². The molecule has 0 spiro atoms. The molecule has 0 unspecified atom stereocenters. The van der Waals surface area contributed by atoms with Crippen LogP contribution in [0.4, 0.5) is 0 Å². The normalized spacial score (nSPS) is 11.4. The van der Waals surface area contributed by atoms with Gasteiger partial charge in [0.1, 0.15) is 0 Å². The summed E-state index contributed by atoms with van der Waals surface area (Å²) in [6, 6.07) is 0. The number of hydrogen-bond donors (Lipinski definition) is 1. The maximum Gasteiger partial charge on any atom is 0.305 e. The lowest BCUT2D eigenvalue weighted by Gasteiger charge is -2.21.